The topological polar surface area (TPSA) is 26.3 Å². The van der Waals surface area contributed by atoms with Gasteiger partial charge in [-0.15, -0.1) is 11.6 Å². The molecule has 0 aliphatic heterocycles. The van der Waals surface area contributed by atoms with Gasteiger partial charge in [0, 0.05) is 10.8 Å². The Hall–Kier alpha value is 0.230. The lowest BCUT2D eigenvalue weighted by atomic mass is 10.0. The van der Waals surface area contributed by atoms with Crippen LogP contribution < -0.4 is 0 Å². The third kappa shape index (κ3) is 8.39. The largest absolute Gasteiger partial charge is 0.462 e. The van der Waals surface area contributed by atoms with E-state index in [9.17, 15) is 4.79 Å². The number of carbonyl (C=O) groups excluding carboxylic acids is 1. The minimum Gasteiger partial charge on any atom is -0.462 e. The van der Waals surface area contributed by atoms with Crippen LogP contribution in [0.2, 0.25) is 0 Å². The van der Waals surface area contributed by atoms with E-state index in [2.05, 4.69) is 22.6 Å². The summed E-state index contributed by atoms with van der Waals surface area (Å²) in [5, 5.41) is 0. The molecule has 0 bridgehead atoms. The van der Waals surface area contributed by atoms with Crippen molar-refractivity contribution in [3.05, 3.63) is 11.6 Å². The third-order valence-electron chi connectivity index (χ3n) is 2.26. The summed E-state index contributed by atoms with van der Waals surface area (Å²) in [5.74, 6) is -0.238. The molecule has 0 saturated carbocycles. The van der Waals surface area contributed by atoms with Crippen LogP contribution in [0.5, 0.6) is 0 Å². The first-order chi connectivity index (χ1) is 7.23. The molecule has 0 aromatic carbocycles. The summed E-state index contributed by atoms with van der Waals surface area (Å²) in [5.41, 5.74) is 1.24. The molecular weight excluding hydrogens is 338 g/mol. The molecule has 0 heterocycles. The Morgan fingerprint density at radius 2 is 2.06 bits per heavy atom. The van der Waals surface area contributed by atoms with Crippen molar-refractivity contribution in [3.63, 3.8) is 0 Å². The SMILES string of the molecule is CC(=O)OCC=C(C)CCC(I)C(C)(C)Cl. The van der Waals surface area contributed by atoms with Crippen LogP contribution in [-0.2, 0) is 9.53 Å². The molecule has 0 rings (SSSR count). The lowest BCUT2D eigenvalue weighted by Crippen LogP contribution is -2.24. The molecule has 0 N–H and O–H groups in total. The van der Waals surface area contributed by atoms with Crippen molar-refractivity contribution in [3.8, 4) is 0 Å². The van der Waals surface area contributed by atoms with E-state index in [0.717, 1.165) is 12.8 Å². The Bertz CT molecular complexity index is 256. The van der Waals surface area contributed by atoms with Gasteiger partial charge in [0.25, 0.3) is 0 Å². The van der Waals surface area contributed by atoms with Gasteiger partial charge in [-0.05, 0) is 39.7 Å². The Kier molecular flexibility index (Phi) is 7.64. The second-order valence-corrected chi connectivity index (χ2v) is 6.90. The number of halogens is 2. The monoisotopic (exact) mass is 358 g/mol. The van der Waals surface area contributed by atoms with E-state index in [0.29, 0.717) is 10.5 Å². The van der Waals surface area contributed by atoms with Crippen LogP contribution in [0.25, 0.3) is 0 Å². The van der Waals surface area contributed by atoms with Crippen LogP contribution in [-0.4, -0.2) is 21.4 Å². The molecule has 1 unspecified atom stereocenters. The minimum absolute atomic E-state index is 0.170. The molecule has 0 aliphatic rings. The maximum Gasteiger partial charge on any atom is 0.302 e. The van der Waals surface area contributed by atoms with Gasteiger partial charge in [-0.25, -0.2) is 0 Å². The van der Waals surface area contributed by atoms with Crippen LogP contribution >= 0.6 is 34.2 Å². The molecule has 4 heteroatoms. The van der Waals surface area contributed by atoms with Crippen molar-refractivity contribution in [2.24, 2.45) is 0 Å². The quantitative estimate of drug-likeness (QED) is 0.309. The van der Waals surface area contributed by atoms with Gasteiger partial charge in [-0.3, -0.25) is 4.79 Å². The molecule has 0 amide bonds. The fourth-order valence-electron chi connectivity index (χ4n) is 1.10. The standard InChI is InChI=1S/C12H20ClIO2/c1-9(7-8-16-10(2)15)5-6-11(14)12(3,4)13/h7,11H,5-6,8H2,1-4H3. The van der Waals surface area contributed by atoms with Gasteiger partial charge in [-0.1, -0.05) is 28.2 Å². The number of rotatable bonds is 6. The van der Waals surface area contributed by atoms with E-state index in [4.69, 9.17) is 16.3 Å². The summed E-state index contributed by atoms with van der Waals surface area (Å²) in [4.78, 5) is 10.4. The summed E-state index contributed by atoms with van der Waals surface area (Å²) in [6.45, 7) is 7.90. The smallest absolute Gasteiger partial charge is 0.302 e. The first-order valence-corrected chi connectivity index (χ1v) is 6.98. The van der Waals surface area contributed by atoms with E-state index in [-0.39, 0.29) is 10.8 Å². The van der Waals surface area contributed by atoms with Crippen LogP contribution in [0.3, 0.4) is 0 Å². The third-order valence-corrected chi connectivity index (χ3v) is 5.07. The van der Waals surface area contributed by atoms with Crippen LogP contribution in [0, 0.1) is 0 Å². The predicted octanol–water partition coefficient (Wildman–Crippen LogP) is 4.10. The second-order valence-electron chi connectivity index (χ2n) is 4.42. The number of alkyl halides is 2. The van der Waals surface area contributed by atoms with Gasteiger partial charge in [0.15, 0.2) is 0 Å². The van der Waals surface area contributed by atoms with E-state index < -0.39 is 0 Å². The molecule has 0 fully saturated rings. The normalized spacial score (nSPS) is 14.8. The number of esters is 1. The number of hydrogen-bond donors (Lipinski definition) is 0. The number of hydrogen-bond acceptors (Lipinski definition) is 2. The molecule has 0 spiro atoms. The summed E-state index contributed by atoms with van der Waals surface area (Å²) >= 11 is 8.60. The van der Waals surface area contributed by atoms with Crippen LogP contribution in [0.4, 0.5) is 0 Å². The first-order valence-electron chi connectivity index (χ1n) is 5.35. The van der Waals surface area contributed by atoms with Gasteiger partial charge >= 0.3 is 5.97 Å². The first kappa shape index (κ1) is 16.2. The Labute approximate surface area is 117 Å². The summed E-state index contributed by atoms with van der Waals surface area (Å²) in [7, 11) is 0. The molecule has 0 aromatic rings. The zero-order chi connectivity index (χ0) is 12.8. The van der Waals surface area contributed by atoms with Crippen LogP contribution in [0.15, 0.2) is 11.6 Å². The number of carbonyl (C=O) groups is 1. The van der Waals surface area contributed by atoms with E-state index in [1.165, 1.54) is 12.5 Å². The Morgan fingerprint density at radius 3 is 2.50 bits per heavy atom. The lowest BCUT2D eigenvalue weighted by molar-refractivity contribution is -0.139. The highest BCUT2D eigenvalue weighted by Crippen LogP contribution is 2.29. The Balaban J connectivity index is 3.88. The van der Waals surface area contributed by atoms with Crippen molar-refractivity contribution >= 4 is 40.2 Å². The van der Waals surface area contributed by atoms with Crippen molar-refractivity contribution in [2.45, 2.75) is 49.3 Å². The maximum atomic E-state index is 10.6. The average Bonchev–Trinajstić information content (AvgIpc) is 2.11. The molecule has 0 aliphatic carbocycles. The van der Waals surface area contributed by atoms with Crippen LogP contribution in [0.1, 0.15) is 40.5 Å². The molecule has 0 saturated heterocycles. The van der Waals surface area contributed by atoms with Gasteiger partial charge in [0.05, 0.1) is 4.87 Å². The highest BCUT2D eigenvalue weighted by Gasteiger charge is 2.23. The van der Waals surface area contributed by atoms with Crippen molar-refractivity contribution < 1.29 is 9.53 Å². The molecule has 94 valence electrons. The molecule has 0 radical (unpaired) electrons. The zero-order valence-corrected chi connectivity index (χ0v) is 13.3. The summed E-state index contributed by atoms with van der Waals surface area (Å²) in [6.07, 6.45) is 3.98. The molecular formula is C12H20ClIO2. The van der Waals surface area contributed by atoms with Gasteiger partial charge in [-0.2, -0.15) is 0 Å². The van der Waals surface area contributed by atoms with E-state index in [1.807, 2.05) is 26.8 Å². The molecule has 0 aromatic heterocycles. The van der Waals surface area contributed by atoms with Crippen molar-refractivity contribution in [1.82, 2.24) is 0 Å². The van der Waals surface area contributed by atoms with E-state index in [1.54, 1.807) is 0 Å². The molecule has 1 atom stereocenters. The maximum absolute atomic E-state index is 10.6. The van der Waals surface area contributed by atoms with Gasteiger partial charge in [0.2, 0.25) is 0 Å². The molecule has 16 heavy (non-hydrogen) atoms. The highest BCUT2D eigenvalue weighted by atomic mass is 127. The van der Waals surface area contributed by atoms with Crippen molar-refractivity contribution in [2.75, 3.05) is 6.61 Å². The molecule has 2 nitrogen and oxygen atoms in total. The highest BCUT2D eigenvalue weighted by molar-refractivity contribution is 14.1. The fraction of sp³-hybridized carbons (Fsp3) is 0.750. The second kappa shape index (κ2) is 7.54. The van der Waals surface area contributed by atoms with Crippen molar-refractivity contribution in [1.29, 1.82) is 0 Å². The zero-order valence-electron chi connectivity index (χ0n) is 10.3. The summed E-state index contributed by atoms with van der Waals surface area (Å²) in [6, 6.07) is 0. The lowest BCUT2D eigenvalue weighted by Gasteiger charge is -2.23. The average molecular weight is 359 g/mol. The van der Waals surface area contributed by atoms with E-state index >= 15 is 0 Å². The number of allylic oxidation sites excluding steroid dienone is 1. The number of ether oxygens (including phenoxy) is 1. The predicted molar refractivity (Wildman–Crippen MR) is 77.4 cm³/mol. The fourth-order valence-corrected chi connectivity index (χ4v) is 1.52. The summed E-state index contributed by atoms with van der Waals surface area (Å²) < 4.78 is 5.28. The van der Waals surface area contributed by atoms with Gasteiger partial charge < -0.3 is 4.74 Å². The Morgan fingerprint density at radius 1 is 1.50 bits per heavy atom. The van der Waals surface area contributed by atoms with Gasteiger partial charge in [0.1, 0.15) is 6.61 Å². The minimum atomic E-state index is -0.238.